The van der Waals surface area contributed by atoms with Crippen LogP contribution in [0.1, 0.15) is 19.4 Å². The van der Waals surface area contributed by atoms with Crippen LogP contribution in [0.15, 0.2) is 18.2 Å². The number of carbonyl (C=O) groups excluding carboxylic acids is 1. The number of halogens is 2. The lowest BCUT2D eigenvalue weighted by Crippen LogP contribution is -2.42. The van der Waals surface area contributed by atoms with E-state index in [0.29, 0.717) is 23.1 Å². The van der Waals surface area contributed by atoms with E-state index in [9.17, 15) is 4.79 Å². The summed E-state index contributed by atoms with van der Waals surface area (Å²) in [4.78, 5) is 13.8. The van der Waals surface area contributed by atoms with Gasteiger partial charge in [0.25, 0.3) is 0 Å². The minimum atomic E-state index is -0.570. The van der Waals surface area contributed by atoms with Crippen molar-refractivity contribution in [2.24, 2.45) is 11.1 Å². The molecule has 100 valence electrons. The highest BCUT2D eigenvalue weighted by molar-refractivity contribution is 6.42. The molecular weight excluding hydrogens is 271 g/mol. The second-order valence-corrected chi connectivity index (χ2v) is 5.75. The van der Waals surface area contributed by atoms with Crippen LogP contribution in [0.2, 0.25) is 10.0 Å². The number of nitrogens with zero attached hydrogens (tertiary/aromatic N) is 1. The van der Waals surface area contributed by atoms with Gasteiger partial charge in [-0.15, -0.1) is 0 Å². The summed E-state index contributed by atoms with van der Waals surface area (Å²) in [6, 6.07) is 5.39. The fourth-order valence-electron chi connectivity index (χ4n) is 1.60. The van der Waals surface area contributed by atoms with Gasteiger partial charge in [-0.2, -0.15) is 0 Å². The molecule has 0 aromatic heterocycles. The van der Waals surface area contributed by atoms with E-state index in [1.165, 1.54) is 0 Å². The molecule has 1 aromatic rings. The minimum absolute atomic E-state index is 0.0129. The first-order chi connectivity index (χ1) is 8.29. The third kappa shape index (κ3) is 3.37. The molecule has 0 spiro atoms. The van der Waals surface area contributed by atoms with Crippen molar-refractivity contribution in [3.63, 3.8) is 0 Å². The second kappa shape index (κ2) is 5.91. The van der Waals surface area contributed by atoms with Crippen LogP contribution in [0, 0.1) is 5.41 Å². The van der Waals surface area contributed by atoms with Gasteiger partial charge in [-0.05, 0) is 25.5 Å². The van der Waals surface area contributed by atoms with E-state index in [4.69, 9.17) is 28.9 Å². The number of benzene rings is 1. The summed E-state index contributed by atoms with van der Waals surface area (Å²) in [5, 5.41) is 0.984. The van der Waals surface area contributed by atoms with Gasteiger partial charge < -0.3 is 10.6 Å². The first-order valence-electron chi connectivity index (χ1n) is 5.68. The Morgan fingerprint density at radius 1 is 1.39 bits per heavy atom. The average molecular weight is 289 g/mol. The summed E-state index contributed by atoms with van der Waals surface area (Å²) in [5.74, 6) is -0.0129. The molecule has 1 amide bonds. The Labute approximate surface area is 118 Å². The second-order valence-electron chi connectivity index (χ2n) is 4.96. The zero-order chi connectivity index (χ0) is 13.9. The molecule has 0 bridgehead atoms. The zero-order valence-corrected chi connectivity index (χ0v) is 12.3. The smallest absolute Gasteiger partial charge is 0.229 e. The first-order valence-corrected chi connectivity index (χ1v) is 6.43. The molecule has 0 unspecified atom stereocenters. The van der Waals surface area contributed by atoms with Gasteiger partial charge in [0, 0.05) is 20.1 Å². The molecule has 2 N–H and O–H groups in total. The molecule has 0 aliphatic heterocycles. The molecule has 3 nitrogen and oxygen atoms in total. The van der Waals surface area contributed by atoms with E-state index in [-0.39, 0.29) is 5.91 Å². The zero-order valence-electron chi connectivity index (χ0n) is 10.8. The van der Waals surface area contributed by atoms with Crippen LogP contribution in [-0.4, -0.2) is 24.4 Å². The third-order valence-electron chi connectivity index (χ3n) is 2.88. The molecule has 0 fully saturated rings. The van der Waals surface area contributed by atoms with E-state index in [1.807, 2.05) is 26.0 Å². The lowest BCUT2D eigenvalue weighted by Gasteiger charge is -2.28. The molecule has 0 saturated carbocycles. The number of rotatable bonds is 4. The molecule has 18 heavy (non-hydrogen) atoms. The number of hydrogen-bond acceptors (Lipinski definition) is 2. The Balaban J connectivity index is 2.85. The van der Waals surface area contributed by atoms with Gasteiger partial charge in [0.05, 0.1) is 15.5 Å². The summed E-state index contributed by atoms with van der Waals surface area (Å²) in [6.07, 6.45) is 0. The van der Waals surface area contributed by atoms with Crippen molar-refractivity contribution in [2.75, 3.05) is 13.6 Å². The standard InChI is InChI=1S/C13H18Cl2N2O/c1-13(2,8-16)12(18)17(3)7-9-5-4-6-10(14)11(9)15/h4-6H,7-8,16H2,1-3H3. The maximum Gasteiger partial charge on any atom is 0.229 e. The molecule has 0 saturated heterocycles. The molecule has 1 rings (SSSR count). The first kappa shape index (κ1) is 15.3. The monoisotopic (exact) mass is 288 g/mol. The lowest BCUT2D eigenvalue weighted by molar-refractivity contribution is -0.139. The topological polar surface area (TPSA) is 46.3 Å². The summed E-state index contributed by atoms with van der Waals surface area (Å²) in [7, 11) is 1.73. The van der Waals surface area contributed by atoms with Crippen molar-refractivity contribution in [3.05, 3.63) is 33.8 Å². The Bertz CT molecular complexity index is 447. The van der Waals surface area contributed by atoms with E-state index >= 15 is 0 Å². The van der Waals surface area contributed by atoms with Crippen molar-refractivity contribution in [2.45, 2.75) is 20.4 Å². The van der Waals surface area contributed by atoms with Crippen molar-refractivity contribution in [1.29, 1.82) is 0 Å². The molecule has 0 heterocycles. The normalized spacial score (nSPS) is 11.4. The van der Waals surface area contributed by atoms with Crippen LogP contribution in [0.5, 0.6) is 0 Å². The lowest BCUT2D eigenvalue weighted by atomic mass is 9.92. The highest BCUT2D eigenvalue weighted by Gasteiger charge is 2.29. The number of nitrogens with two attached hydrogens (primary N) is 1. The number of carbonyl (C=O) groups is 1. The molecule has 5 heteroatoms. The fourth-order valence-corrected chi connectivity index (χ4v) is 1.98. The van der Waals surface area contributed by atoms with Crippen LogP contribution in [0.4, 0.5) is 0 Å². The highest BCUT2D eigenvalue weighted by atomic mass is 35.5. The van der Waals surface area contributed by atoms with Gasteiger partial charge in [0.15, 0.2) is 0 Å². The van der Waals surface area contributed by atoms with Crippen molar-refractivity contribution < 1.29 is 4.79 Å². The van der Waals surface area contributed by atoms with Gasteiger partial charge >= 0.3 is 0 Å². The van der Waals surface area contributed by atoms with Crippen molar-refractivity contribution in [1.82, 2.24) is 4.90 Å². The molecule has 0 aliphatic carbocycles. The molecule has 1 aromatic carbocycles. The quantitative estimate of drug-likeness (QED) is 0.926. The van der Waals surface area contributed by atoms with Gasteiger partial charge in [0.1, 0.15) is 0 Å². The van der Waals surface area contributed by atoms with E-state index in [1.54, 1.807) is 18.0 Å². The van der Waals surface area contributed by atoms with E-state index < -0.39 is 5.41 Å². The van der Waals surface area contributed by atoms with Gasteiger partial charge in [-0.3, -0.25) is 4.79 Å². The van der Waals surface area contributed by atoms with Gasteiger partial charge in [-0.25, -0.2) is 0 Å². The number of hydrogen-bond donors (Lipinski definition) is 1. The molecular formula is C13H18Cl2N2O. The van der Waals surface area contributed by atoms with Crippen LogP contribution < -0.4 is 5.73 Å². The molecule has 0 aliphatic rings. The maximum atomic E-state index is 12.2. The maximum absolute atomic E-state index is 12.2. The summed E-state index contributed by atoms with van der Waals surface area (Å²) < 4.78 is 0. The Morgan fingerprint density at radius 2 is 2.00 bits per heavy atom. The third-order valence-corrected chi connectivity index (χ3v) is 3.73. The fraction of sp³-hybridized carbons (Fsp3) is 0.462. The Hall–Kier alpha value is -0.770. The Kier molecular flexibility index (Phi) is 5.02. The van der Waals surface area contributed by atoms with Crippen LogP contribution in [0.25, 0.3) is 0 Å². The summed E-state index contributed by atoms with van der Waals surface area (Å²) >= 11 is 12.0. The summed E-state index contributed by atoms with van der Waals surface area (Å²) in [5.41, 5.74) is 5.85. The van der Waals surface area contributed by atoms with E-state index in [2.05, 4.69) is 0 Å². The predicted molar refractivity (Wildman–Crippen MR) is 75.8 cm³/mol. The van der Waals surface area contributed by atoms with E-state index in [0.717, 1.165) is 5.56 Å². The highest BCUT2D eigenvalue weighted by Crippen LogP contribution is 2.27. The van der Waals surface area contributed by atoms with Crippen LogP contribution in [-0.2, 0) is 11.3 Å². The largest absolute Gasteiger partial charge is 0.341 e. The predicted octanol–water partition coefficient (Wildman–Crippen LogP) is 2.94. The van der Waals surface area contributed by atoms with Crippen molar-refractivity contribution in [3.8, 4) is 0 Å². The van der Waals surface area contributed by atoms with Crippen LogP contribution >= 0.6 is 23.2 Å². The van der Waals surface area contributed by atoms with Gasteiger partial charge in [0.2, 0.25) is 5.91 Å². The molecule has 0 atom stereocenters. The van der Waals surface area contributed by atoms with Crippen molar-refractivity contribution >= 4 is 29.1 Å². The minimum Gasteiger partial charge on any atom is -0.341 e. The molecule has 0 radical (unpaired) electrons. The average Bonchev–Trinajstić information content (AvgIpc) is 2.33. The summed E-state index contributed by atoms with van der Waals surface area (Å²) in [6.45, 7) is 4.37. The Morgan fingerprint density at radius 3 is 2.56 bits per heavy atom. The van der Waals surface area contributed by atoms with Gasteiger partial charge in [-0.1, -0.05) is 35.3 Å². The SMILES string of the molecule is CN(Cc1cccc(Cl)c1Cl)C(=O)C(C)(C)CN. The van der Waals surface area contributed by atoms with Crippen LogP contribution in [0.3, 0.4) is 0 Å². The number of amides is 1.